The quantitative estimate of drug-likeness (QED) is 0.267. The molecule has 1 amide bonds. The van der Waals surface area contributed by atoms with Crippen molar-refractivity contribution in [3.8, 4) is 11.1 Å². The molecule has 4 rings (SSSR count). The minimum atomic E-state index is -0.427. The first-order valence-corrected chi connectivity index (χ1v) is 11.7. The van der Waals surface area contributed by atoms with Crippen LogP contribution < -0.4 is 10.9 Å². The zero-order chi connectivity index (χ0) is 21.3. The second-order valence-corrected chi connectivity index (χ2v) is 10.2. The lowest BCUT2D eigenvalue weighted by Gasteiger charge is -2.11. The largest absolute Gasteiger partial charge is 0.325 e. The number of aromatic amines is 1. The highest BCUT2D eigenvalue weighted by Crippen LogP contribution is 2.36. The van der Waals surface area contributed by atoms with Crippen molar-refractivity contribution < 1.29 is 4.79 Å². The molecule has 152 valence electrons. The summed E-state index contributed by atoms with van der Waals surface area (Å²) in [5.74, 6) is -0.155. The Morgan fingerprint density at radius 1 is 1.17 bits per heavy atom. The summed E-state index contributed by atoms with van der Waals surface area (Å²) in [6.45, 7) is 3.79. The molecule has 0 aliphatic carbocycles. The molecule has 0 bridgehead atoms. The molecule has 0 saturated carbocycles. The minimum Gasteiger partial charge on any atom is -0.325 e. The average Bonchev–Trinajstić information content (AvgIpc) is 3.06. The number of hydrogen-bond donors (Lipinski definition) is 2. The highest BCUT2D eigenvalue weighted by atomic mass is 79.9. The van der Waals surface area contributed by atoms with Gasteiger partial charge in [0.1, 0.15) is 4.83 Å². The summed E-state index contributed by atoms with van der Waals surface area (Å²) >= 11 is 6.10. The van der Waals surface area contributed by atoms with E-state index >= 15 is 0 Å². The molecule has 0 spiro atoms. The number of thiophene rings is 1. The van der Waals surface area contributed by atoms with Gasteiger partial charge in [0.05, 0.1) is 10.6 Å². The van der Waals surface area contributed by atoms with Crippen molar-refractivity contribution in [2.45, 2.75) is 24.3 Å². The van der Waals surface area contributed by atoms with Gasteiger partial charge >= 0.3 is 0 Å². The number of H-pyrrole nitrogens is 1. The molecular weight excluding hydrogens is 482 g/mol. The molecule has 1 atom stereocenters. The number of amides is 1. The summed E-state index contributed by atoms with van der Waals surface area (Å²) in [7, 11) is 0. The number of carbonyl (C=O) groups excluding carboxylic acids is 1. The number of rotatable bonds is 5. The Kier molecular flexibility index (Phi) is 6.08. The molecule has 30 heavy (non-hydrogen) atoms. The molecule has 2 aromatic heterocycles. The molecule has 2 aromatic carbocycles. The molecule has 4 aromatic rings. The maximum atomic E-state index is 12.9. The van der Waals surface area contributed by atoms with Gasteiger partial charge in [0.2, 0.25) is 5.91 Å². The number of nitrogens with one attached hydrogen (secondary N) is 2. The van der Waals surface area contributed by atoms with Gasteiger partial charge in [-0.15, -0.1) is 11.3 Å². The van der Waals surface area contributed by atoms with Gasteiger partial charge in [-0.1, -0.05) is 58.0 Å². The zero-order valence-corrected chi connectivity index (χ0v) is 19.5. The number of aromatic nitrogens is 2. The standard InChI is InChI=1S/C22H18BrN3O2S2/c1-12-17(14-6-4-3-5-7-14)18-20(28)25-22(26-21(18)29-12)30-13(2)19(27)24-16-10-8-15(23)9-11-16/h3-11,13H,1-2H3,(H,24,27)(H,25,26,28)/t13-/m1/s1. The predicted molar refractivity (Wildman–Crippen MR) is 129 cm³/mol. The van der Waals surface area contributed by atoms with Gasteiger partial charge in [0.15, 0.2) is 5.16 Å². The first kappa shape index (κ1) is 20.8. The lowest BCUT2D eigenvalue weighted by molar-refractivity contribution is -0.115. The van der Waals surface area contributed by atoms with Crippen LogP contribution in [0.5, 0.6) is 0 Å². The van der Waals surface area contributed by atoms with E-state index in [1.54, 1.807) is 6.92 Å². The highest BCUT2D eigenvalue weighted by molar-refractivity contribution is 9.10. The van der Waals surface area contributed by atoms with E-state index in [0.29, 0.717) is 21.1 Å². The molecule has 0 aliphatic rings. The second kappa shape index (κ2) is 8.75. The van der Waals surface area contributed by atoms with E-state index in [1.165, 1.54) is 23.1 Å². The normalized spacial score (nSPS) is 12.1. The van der Waals surface area contributed by atoms with Crippen molar-refractivity contribution in [3.63, 3.8) is 0 Å². The Labute approximate surface area is 190 Å². The molecule has 0 fully saturated rings. The molecule has 5 nitrogen and oxygen atoms in total. The van der Waals surface area contributed by atoms with Crippen molar-refractivity contribution in [1.29, 1.82) is 0 Å². The summed E-state index contributed by atoms with van der Waals surface area (Å²) < 4.78 is 0.944. The van der Waals surface area contributed by atoms with Crippen molar-refractivity contribution >= 4 is 60.8 Å². The zero-order valence-electron chi connectivity index (χ0n) is 16.2. The Morgan fingerprint density at radius 2 is 1.87 bits per heavy atom. The van der Waals surface area contributed by atoms with Crippen LogP contribution in [0.25, 0.3) is 21.3 Å². The highest BCUT2D eigenvalue weighted by Gasteiger charge is 2.20. The monoisotopic (exact) mass is 499 g/mol. The van der Waals surface area contributed by atoms with E-state index in [-0.39, 0.29) is 11.5 Å². The fourth-order valence-corrected chi connectivity index (χ4v) is 5.27. The number of halogens is 1. The number of carbonyl (C=O) groups is 1. The number of benzene rings is 2. The lowest BCUT2D eigenvalue weighted by Crippen LogP contribution is -2.23. The SMILES string of the molecule is Cc1sc2nc(S[C@H](C)C(=O)Nc3ccc(Br)cc3)[nH]c(=O)c2c1-c1ccccc1. The van der Waals surface area contributed by atoms with Gasteiger partial charge in [0.25, 0.3) is 5.56 Å². The Bertz CT molecular complexity index is 1270. The van der Waals surface area contributed by atoms with E-state index in [1.807, 2.05) is 61.5 Å². The van der Waals surface area contributed by atoms with E-state index in [0.717, 1.165) is 20.5 Å². The first-order valence-electron chi connectivity index (χ1n) is 9.24. The number of hydrogen-bond acceptors (Lipinski definition) is 5. The fourth-order valence-electron chi connectivity index (χ4n) is 3.11. The van der Waals surface area contributed by atoms with E-state index in [9.17, 15) is 9.59 Å². The second-order valence-electron chi connectivity index (χ2n) is 6.71. The van der Waals surface area contributed by atoms with Crippen LogP contribution >= 0.6 is 39.0 Å². The van der Waals surface area contributed by atoms with Crippen LogP contribution in [0.1, 0.15) is 11.8 Å². The molecular formula is C22H18BrN3O2S2. The maximum absolute atomic E-state index is 12.9. The van der Waals surface area contributed by atoms with Gasteiger partial charge in [-0.3, -0.25) is 9.59 Å². The van der Waals surface area contributed by atoms with Crippen LogP contribution in [-0.2, 0) is 4.79 Å². The van der Waals surface area contributed by atoms with Gasteiger partial charge in [-0.05, 0) is 43.7 Å². The summed E-state index contributed by atoms with van der Waals surface area (Å²) in [6, 6.07) is 17.2. The van der Waals surface area contributed by atoms with Crippen molar-refractivity contribution in [3.05, 3.63) is 74.3 Å². The summed E-state index contributed by atoms with van der Waals surface area (Å²) in [4.78, 5) is 34.6. The van der Waals surface area contributed by atoms with Crippen LogP contribution in [0, 0.1) is 6.92 Å². The third kappa shape index (κ3) is 4.35. The van der Waals surface area contributed by atoms with Crippen LogP contribution in [0.4, 0.5) is 5.69 Å². The van der Waals surface area contributed by atoms with E-state index in [4.69, 9.17) is 0 Å². The fraction of sp³-hybridized carbons (Fsp3) is 0.136. The Hall–Kier alpha value is -2.42. The molecule has 2 N–H and O–H groups in total. The van der Waals surface area contributed by atoms with Gasteiger partial charge in [-0.25, -0.2) is 4.98 Å². The van der Waals surface area contributed by atoms with Crippen LogP contribution in [0.15, 0.2) is 69.0 Å². The summed E-state index contributed by atoms with van der Waals surface area (Å²) in [6.07, 6.45) is 0. The molecule has 0 radical (unpaired) electrons. The maximum Gasteiger partial charge on any atom is 0.260 e. The molecule has 0 unspecified atom stereocenters. The Balaban J connectivity index is 1.59. The molecule has 0 aliphatic heterocycles. The van der Waals surface area contributed by atoms with Crippen LogP contribution in [0.2, 0.25) is 0 Å². The van der Waals surface area contributed by atoms with Gasteiger partial charge in [0, 0.05) is 20.6 Å². The molecule has 2 heterocycles. The first-order chi connectivity index (χ1) is 14.4. The predicted octanol–water partition coefficient (Wildman–Crippen LogP) is 5.84. The third-order valence-electron chi connectivity index (χ3n) is 4.55. The van der Waals surface area contributed by atoms with Crippen molar-refractivity contribution in [2.24, 2.45) is 0 Å². The number of thioether (sulfide) groups is 1. The smallest absolute Gasteiger partial charge is 0.260 e. The average molecular weight is 500 g/mol. The van der Waals surface area contributed by atoms with Crippen LogP contribution in [0.3, 0.4) is 0 Å². The van der Waals surface area contributed by atoms with Crippen LogP contribution in [-0.4, -0.2) is 21.1 Å². The topological polar surface area (TPSA) is 74.8 Å². The molecule has 8 heteroatoms. The van der Waals surface area contributed by atoms with Crippen molar-refractivity contribution in [2.75, 3.05) is 5.32 Å². The number of nitrogens with zero attached hydrogens (tertiary/aromatic N) is 1. The van der Waals surface area contributed by atoms with E-state index < -0.39 is 5.25 Å². The Morgan fingerprint density at radius 3 is 2.57 bits per heavy atom. The van der Waals surface area contributed by atoms with E-state index in [2.05, 4.69) is 31.2 Å². The number of aryl methyl sites for hydroxylation is 1. The summed E-state index contributed by atoms with van der Waals surface area (Å²) in [5.41, 5.74) is 2.44. The van der Waals surface area contributed by atoms with Gasteiger partial charge in [-0.2, -0.15) is 0 Å². The lowest BCUT2D eigenvalue weighted by atomic mass is 10.0. The molecule has 0 saturated heterocycles. The van der Waals surface area contributed by atoms with Gasteiger partial charge < -0.3 is 10.3 Å². The number of anilines is 1. The van der Waals surface area contributed by atoms with Crippen molar-refractivity contribution in [1.82, 2.24) is 9.97 Å². The summed E-state index contributed by atoms with van der Waals surface area (Å²) in [5, 5.41) is 3.49. The number of fused-ring (bicyclic) bond motifs is 1. The minimum absolute atomic E-state index is 0.155. The third-order valence-corrected chi connectivity index (χ3v) is 7.06.